The number of non-ortho nitro benzene ring substituents is 1. The molecule has 0 aliphatic rings. The molecule has 0 fully saturated rings. The first kappa shape index (κ1) is 14.1. The number of nitro groups is 1. The quantitative estimate of drug-likeness (QED) is 0.581. The van der Waals surface area contributed by atoms with Crippen LogP contribution in [0, 0.1) is 10.1 Å². The lowest BCUT2D eigenvalue weighted by Gasteiger charge is -2.18. The molecule has 0 heterocycles. The molecular formula is C12H17N3O3. The van der Waals surface area contributed by atoms with Gasteiger partial charge in [-0.05, 0) is 12.6 Å². The minimum atomic E-state index is -0.428. The van der Waals surface area contributed by atoms with E-state index in [1.165, 1.54) is 17.0 Å². The molecule has 1 aromatic rings. The fraction of sp³-hybridized carbons (Fsp3) is 0.417. The lowest BCUT2D eigenvalue weighted by molar-refractivity contribution is -0.384. The zero-order valence-electron chi connectivity index (χ0n) is 10.8. The summed E-state index contributed by atoms with van der Waals surface area (Å²) in [6.07, 6.45) is 0. The van der Waals surface area contributed by atoms with Crippen molar-refractivity contribution < 1.29 is 9.72 Å². The Morgan fingerprint density at radius 1 is 1.22 bits per heavy atom. The van der Waals surface area contributed by atoms with Gasteiger partial charge in [0.2, 0.25) is 5.91 Å². The van der Waals surface area contributed by atoms with E-state index in [-0.39, 0.29) is 11.6 Å². The molecule has 98 valence electrons. The van der Waals surface area contributed by atoms with Gasteiger partial charge in [0, 0.05) is 32.8 Å². The normalized spacial score (nSPS) is 10.4. The summed E-state index contributed by atoms with van der Waals surface area (Å²) >= 11 is 0. The first-order valence-corrected chi connectivity index (χ1v) is 5.52. The molecule has 18 heavy (non-hydrogen) atoms. The van der Waals surface area contributed by atoms with Crippen molar-refractivity contribution in [1.29, 1.82) is 0 Å². The molecule has 1 amide bonds. The number of likely N-dealkylation sites (N-methyl/N-ethyl adjacent to an activating group) is 2. The Kier molecular flexibility index (Phi) is 4.79. The van der Waals surface area contributed by atoms with Gasteiger partial charge in [-0.15, -0.1) is 0 Å². The van der Waals surface area contributed by atoms with Gasteiger partial charge in [0.1, 0.15) is 0 Å². The van der Waals surface area contributed by atoms with E-state index in [0.717, 1.165) is 5.56 Å². The zero-order chi connectivity index (χ0) is 13.7. The van der Waals surface area contributed by atoms with Crippen LogP contribution in [-0.4, -0.2) is 48.3 Å². The van der Waals surface area contributed by atoms with Crippen LogP contribution in [0.5, 0.6) is 0 Å². The molecular weight excluding hydrogens is 234 g/mol. The third kappa shape index (κ3) is 4.14. The highest BCUT2D eigenvalue weighted by Crippen LogP contribution is 2.12. The van der Waals surface area contributed by atoms with Crippen LogP contribution in [0.4, 0.5) is 5.69 Å². The Balaban J connectivity index is 2.57. The molecule has 0 spiro atoms. The maximum atomic E-state index is 11.5. The van der Waals surface area contributed by atoms with Crippen molar-refractivity contribution in [1.82, 2.24) is 9.80 Å². The van der Waals surface area contributed by atoms with Crippen LogP contribution in [0.3, 0.4) is 0 Å². The number of carbonyl (C=O) groups excluding carboxylic acids is 1. The van der Waals surface area contributed by atoms with Gasteiger partial charge < -0.3 is 4.90 Å². The Morgan fingerprint density at radius 3 is 2.22 bits per heavy atom. The fourth-order valence-electron chi connectivity index (χ4n) is 1.46. The third-order valence-electron chi connectivity index (χ3n) is 2.50. The molecule has 1 rings (SSSR count). The molecule has 0 bridgehead atoms. The van der Waals surface area contributed by atoms with Gasteiger partial charge in [0.05, 0.1) is 11.5 Å². The van der Waals surface area contributed by atoms with Gasteiger partial charge in [-0.3, -0.25) is 19.8 Å². The van der Waals surface area contributed by atoms with Crippen LogP contribution < -0.4 is 0 Å². The van der Waals surface area contributed by atoms with Crippen LogP contribution >= 0.6 is 0 Å². The van der Waals surface area contributed by atoms with E-state index in [9.17, 15) is 14.9 Å². The number of nitrogens with zero attached hydrogens (tertiary/aromatic N) is 3. The highest BCUT2D eigenvalue weighted by molar-refractivity contribution is 5.77. The summed E-state index contributed by atoms with van der Waals surface area (Å²) in [6.45, 7) is 0.904. The molecule has 0 unspecified atom stereocenters. The number of carbonyl (C=O) groups is 1. The maximum absolute atomic E-state index is 11.5. The molecule has 0 aromatic heterocycles. The zero-order valence-corrected chi connectivity index (χ0v) is 10.8. The van der Waals surface area contributed by atoms with Crippen molar-refractivity contribution in [2.24, 2.45) is 0 Å². The second-order valence-electron chi connectivity index (χ2n) is 4.38. The van der Waals surface area contributed by atoms with E-state index in [2.05, 4.69) is 0 Å². The van der Waals surface area contributed by atoms with Crippen LogP contribution in [0.15, 0.2) is 24.3 Å². The number of nitro benzene ring substituents is 1. The van der Waals surface area contributed by atoms with Gasteiger partial charge >= 0.3 is 0 Å². The van der Waals surface area contributed by atoms with E-state index in [4.69, 9.17) is 0 Å². The summed E-state index contributed by atoms with van der Waals surface area (Å²) in [5.74, 6) is 0.0272. The largest absolute Gasteiger partial charge is 0.348 e. The summed E-state index contributed by atoms with van der Waals surface area (Å²) < 4.78 is 0. The SMILES string of the molecule is CN(CC(=O)N(C)C)Cc1ccc([N+](=O)[O-])cc1. The Hall–Kier alpha value is -1.95. The average Bonchev–Trinajstić information content (AvgIpc) is 2.29. The minimum Gasteiger partial charge on any atom is -0.348 e. The average molecular weight is 251 g/mol. The van der Waals surface area contributed by atoms with E-state index in [1.54, 1.807) is 26.2 Å². The summed E-state index contributed by atoms with van der Waals surface area (Å²) in [5.41, 5.74) is 1.01. The standard InChI is InChI=1S/C12H17N3O3/c1-13(2)12(16)9-14(3)8-10-4-6-11(7-5-10)15(17)18/h4-7H,8-9H2,1-3H3. The number of benzene rings is 1. The molecule has 0 aliphatic heterocycles. The fourth-order valence-corrected chi connectivity index (χ4v) is 1.46. The molecule has 6 nitrogen and oxygen atoms in total. The van der Waals surface area contributed by atoms with Crippen molar-refractivity contribution in [3.8, 4) is 0 Å². The number of hydrogen-bond acceptors (Lipinski definition) is 4. The van der Waals surface area contributed by atoms with Gasteiger partial charge in [-0.1, -0.05) is 12.1 Å². The van der Waals surface area contributed by atoms with Gasteiger partial charge in [-0.25, -0.2) is 0 Å². The van der Waals surface area contributed by atoms with Gasteiger partial charge in [-0.2, -0.15) is 0 Å². The van der Waals surface area contributed by atoms with E-state index in [1.807, 2.05) is 11.9 Å². The molecule has 0 aliphatic carbocycles. The Morgan fingerprint density at radius 2 is 1.78 bits per heavy atom. The number of rotatable bonds is 5. The highest BCUT2D eigenvalue weighted by Gasteiger charge is 2.09. The van der Waals surface area contributed by atoms with Crippen molar-refractivity contribution in [3.63, 3.8) is 0 Å². The van der Waals surface area contributed by atoms with Gasteiger partial charge in [0.25, 0.3) is 5.69 Å². The first-order valence-electron chi connectivity index (χ1n) is 5.52. The Labute approximate surface area is 106 Å². The molecule has 0 saturated carbocycles. The summed E-state index contributed by atoms with van der Waals surface area (Å²) in [5, 5.41) is 10.5. The molecule has 0 radical (unpaired) electrons. The van der Waals surface area contributed by atoms with E-state index >= 15 is 0 Å². The summed E-state index contributed by atoms with van der Waals surface area (Å²) in [6, 6.07) is 6.34. The lowest BCUT2D eigenvalue weighted by Crippen LogP contribution is -2.34. The molecule has 6 heteroatoms. The minimum absolute atomic E-state index is 0.0272. The summed E-state index contributed by atoms with van der Waals surface area (Å²) in [4.78, 5) is 25.0. The lowest BCUT2D eigenvalue weighted by atomic mass is 10.2. The monoisotopic (exact) mass is 251 g/mol. The van der Waals surface area contributed by atoms with E-state index < -0.39 is 4.92 Å². The van der Waals surface area contributed by atoms with Crippen LogP contribution in [0.1, 0.15) is 5.56 Å². The predicted octanol–water partition coefficient (Wildman–Crippen LogP) is 1.11. The van der Waals surface area contributed by atoms with Gasteiger partial charge in [0.15, 0.2) is 0 Å². The number of amides is 1. The summed E-state index contributed by atoms with van der Waals surface area (Å²) in [7, 11) is 5.26. The van der Waals surface area contributed by atoms with E-state index in [0.29, 0.717) is 13.1 Å². The molecule has 0 saturated heterocycles. The van der Waals surface area contributed by atoms with Crippen LogP contribution in [-0.2, 0) is 11.3 Å². The van der Waals surface area contributed by atoms with Crippen LogP contribution in [0.2, 0.25) is 0 Å². The van der Waals surface area contributed by atoms with Crippen LogP contribution in [0.25, 0.3) is 0 Å². The van der Waals surface area contributed by atoms with Crippen molar-refractivity contribution in [3.05, 3.63) is 39.9 Å². The predicted molar refractivity (Wildman–Crippen MR) is 68.1 cm³/mol. The number of hydrogen-bond donors (Lipinski definition) is 0. The smallest absolute Gasteiger partial charge is 0.269 e. The first-order chi connectivity index (χ1) is 8.40. The second kappa shape index (κ2) is 6.11. The van der Waals surface area contributed by atoms with Crippen molar-refractivity contribution >= 4 is 11.6 Å². The Bertz CT molecular complexity index is 429. The maximum Gasteiger partial charge on any atom is 0.269 e. The third-order valence-corrected chi connectivity index (χ3v) is 2.50. The van der Waals surface area contributed by atoms with Crippen molar-refractivity contribution in [2.75, 3.05) is 27.7 Å². The highest BCUT2D eigenvalue weighted by atomic mass is 16.6. The molecule has 0 N–H and O–H groups in total. The molecule has 1 aromatic carbocycles. The topological polar surface area (TPSA) is 66.7 Å². The second-order valence-corrected chi connectivity index (χ2v) is 4.38. The molecule has 0 atom stereocenters. The van der Waals surface area contributed by atoms with Crippen molar-refractivity contribution in [2.45, 2.75) is 6.54 Å².